The third-order valence-electron chi connectivity index (χ3n) is 4.34. The Morgan fingerprint density at radius 1 is 0.682 bits per heavy atom. The molecule has 0 amide bonds. The highest BCUT2D eigenvalue weighted by Gasteiger charge is 2.06. The normalized spacial score (nSPS) is 11.1. The Bertz CT molecular complexity index is 1050. The van der Waals surface area contributed by atoms with Crippen molar-refractivity contribution in [3.05, 3.63) is 91.5 Å². The minimum atomic E-state index is 0.964. The molecule has 4 aromatic rings. The monoisotopic (exact) mass is 280 g/mol. The fourth-order valence-electron chi connectivity index (χ4n) is 3.17. The molecule has 104 valence electrons. The predicted octanol–water partition coefficient (Wildman–Crippen LogP) is 6.35. The molecule has 0 saturated heterocycles. The first kappa shape index (κ1) is 12.8. The van der Waals surface area contributed by atoms with Crippen LogP contribution in [0.1, 0.15) is 5.56 Å². The van der Waals surface area contributed by atoms with E-state index in [1.807, 2.05) is 6.08 Å². The lowest BCUT2D eigenvalue weighted by atomic mass is 9.94. The molecule has 0 heterocycles. The second kappa shape index (κ2) is 4.85. The van der Waals surface area contributed by atoms with Crippen LogP contribution in [0.4, 0.5) is 0 Å². The maximum atomic E-state index is 4.11. The van der Waals surface area contributed by atoms with Crippen LogP contribution in [0, 0.1) is 0 Å². The molecule has 0 unspecified atom stereocenters. The fourth-order valence-corrected chi connectivity index (χ4v) is 3.17. The summed E-state index contributed by atoms with van der Waals surface area (Å²) in [4.78, 5) is 0. The molecule has 0 N–H and O–H groups in total. The number of benzene rings is 4. The van der Waals surface area contributed by atoms with Crippen molar-refractivity contribution in [2.24, 2.45) is 0 Å². The zero-order valence-electron chi connectivity index (χ0n) is 12.3. The van der Waals surface area contributed by atoms with E-state index in [4.69, 9.17) is 0 Å². The standard InChI is InChI=1S/C22H16/c1-3-15(2)19-9-6-10-20-21(19)12-11-18-13-16-7-4-5-8-17(16)14-22(18)20/h3-14H,1-2H2. The van der Waals surface area contributed by atoms with Crippen molar-refractivity contribution in [2.45, 2.75) is 0 Å². The van der Waals surface area contributed by atoms with Crippen molar-refractivity contribution >= 4 is 37.9 Å². The van der Waals surface area contributed by atoms with Gasteiger partial charge in [-0.2, -0.15) is 0 Å². The zero-order valence-corrected chi connectivity index (χ0v) is 12.3. The summed E-state index contributed by atoms with van der Waals surface area (Å²) < 4.78 is 0. The second-order valence-corrected chi connectivity index (χ2v) is 5.62. The van der Waals surface area contributed by atoms with Crippen molar-refractivity contribution in [3.8, 4) is 0 Å². The highest BCUT2D eigenvalue weighted by molar-refractivity contribution is 6.14. The summed E-state index contributed by atoms with van der Waals surface area (Å²) in [5.41, 5.74) is 2.12. The van der Waals surface area contributed by atoms with E-state index in [9.17, 15) is 0 Å². The molecule has 4 aromatic carbocycles. The van der Waals surface area contributed by atoms with Gasteiger partial charge in [0.1, 0.15) is 0 Å². The van der Waals surface area contributed by atoms with Crippen LogP contribution < -0.4 is 0 Å². The summed E-state index contributed by atoms with van der Waals surface area (Å²) in [5, 5.41) is 7.61. The van der Waals surface area contributed by atoms with E-state index < -0.39 is 0 Å². The maximum Gasteiger partial charge on any atom is -0.00988 e. The summed E-state index contributed by atoms with van der Waals surface area (Å²) in [6.45, 7) is 7.95. The van der Waals surface area contributed by atoms with Gasteiger partial charge in [0, 0.05) is 0 Å². The van der Waals surface area contributed by atoms with Gasteiger partial charge in [-0.1, -0.05) is 73.8 Å². The van der Waals surface area contributed by atoms with Gasteiger partial charge in [0.15, 0.2) is 0 Å². The van der Waals surface area contributed by atoms with Gasteiger partial charge in [0.25, 0.3) is 0 Å². The predicted molar refractivity (Wildman–Crippen MR) is 98.2 cm³/mol. The van der Waals surface area contributed by atoms with Gasteiger partial charge in [-0.3, -0.25) is 0 Å². The highest BCUT2D eigenvalue weighted by atomic mass is 14.1. The smallest absolute Gasteiger partial charge is 0.00988 e. The molecule has 0 saturated carbocycles. The maximum absolute atomic E-state index is 4.11. The lowest BCUT2D eigenvalue weighted by Gasteiger charge is -2.10. The molecule has 0 heteroatoms. The molecule has 0 nitrogen and oxygen atoms in total. The summed E-state index contributed by atoms with van der Waals surface area (Å²) in [6.07, 6.45) is 1.82. The van der Waals surface area contributed by atoms with E-state index in [0.717, 1.165) is 11.1 Å². The highest BCUT2D eigenvalue weighted by Crippen LogP contribution is 2.33. The molecular weight excluding hydrogens is 264 g/mol. The first-order valence-corrected chi connectivity index (χ1v) is 7.44. The molecule has 0 fully saturated rings. The molecule has 0 aliphatic heterocycles. The van der Waals surface area contributed by atoms with Crippen molar-refractivity contribution in [1.82, 2.24) is 0 Å². The van der Waals surface area contributed by atoms with Crippen molar-refractivity contribution in [1.29, 1.82) is 0 Å². The number of hydrogen-bond acceptors (Lipinski definition) is 0. The minimum Gasteiger partial charge on any atom is -0.0985 e. The Hall–Kier alpha value is -2.86. The van der Waals surface area contributed by atoms with Gasteiger partial charge >= 0.3 is 0 Å². The van der Waals surface area contributed by atoms with Crippen LogP contribution >= 0.6 is 0 Å². The first-order valence-electron chi connectivity index (χ1n) is 7.44. The molecule has 0 aliphatic rings. The number of allylic oxidation sites excluding steroid dienone is 2. The summed E-state index contributed by atoms with van der Waals surface area (Å²) in [6, 6.07) is 23.8. The first-order chi connectivity index (χ1) is 10.8. The Balaban J connectivity index is 2.16. The van der Waals surface area contributed by atoms with Crippen LogP contribution in [0.5, 0.6) is 0 Å². The van der Waals surface area contributed by atoms with Gasteiger partial charge in [0.2, 0.25) is 0 Å². The Morgan fingerprint density at radius 2 is 1.45 bits per heavy atom. The molecule has 0 aliphatic carbocycles. The van der Waals surface area contributed by atoms with Crippen molar-refractivity contribution in [3.63, 3.8) is 0 Å². The molecule has 0 bridgehead atoms. The molecule has 4 rings (SSSR count). The van der Waals surface area contributed by atoms with E-state index in [1.54, 1.807) is 0 Å². The lowest BCUT2D eigenvalue weighted by molar-refractivity contribution is 1.71. The van der Waals surface area contributed by atoms with Crippen LogP contribution in [-0.2, 0) is 0 Å². The molecule has 22 heavy (non-hydrogen) atoms. The van der Waals surface area contributed by atoms with Gasteiger partial charge in [-0.25, -0.2) is 0 Å². The summed E-state index contributed by atoms with van der Waals surface area (Å²) in [5.74, 6) is 0. The SMILES string of the molecule is C=CC(=C)c1cccc2c1ccc1cc3ccccc3cc12. The third kappa shape index (κ3) is 1.85. The average molecular weight is 280 g/mol. The van der Waals surface area contributed by atoms with Gasteiger partial charge in [0.05, 0.1) is 0 Å². The number of rotatable bonds is 2. The Kier molecular flexibility index (Phi) is 2.83. The summed E-state index contributed by atoms with van der Waals surface area (Å²) >= 11 is 0. The largest absolute Gasteiger partial charge is 0.0985 e. The topological polar surface area (TPSA) is 0 Å². The summed E-state index contributed by atoms with van der Waals surface area (Å²) in [7, 11) is 0. The van der Waals surface area contributed by atoms with Crippen LogP contribution in [0.25, 0.3) is 37.9 Å². The molecule has 0 radical (unpaired) electrons. The Labute approximate surface area is 130 Å². The van der Waals surface area contributed by atoms with Crippen LogP contribution in [-0.4, -0.2) is 0 Å². The van der Waals surface area contributed by atoms with Crippen molar-refractivity contribution < 1.29 is 0 Å². The fraction of sp³-hybridized carbons (Fsp3) is 0. The van der Waals surface area contributed by atoms with E-state index in [2.05, 4.69) is 79.9 Å². The van der Waals surface area contributed by atoms with Crippen molar-refractivity contribution in [2.75, 3.05) is 0 Å². The molecular formula is C22H16. The van der Waals surface area contributed by atoms with E-state index >= 15 is 0 Å². The van der Waals surface area contributed by atoms with Gasteiger partial charge in [-0.15, -0.1) is 0 Å². The van der Waals surface area contributed by atoms with Crippen LogP contribution in [0.15, 0.2) is 86.0 Å². The van der Waals surface area contributed by atoms with E-state index in [0.29, 0.717) is 0 Å². The van der Waals surface area contributed by atoms with Crippen LogP contribution in [0.2, 0.25) is 0 Å². The molecule has 0 spiro atoms. The Morgan fingerprint density at radius 3 is 2.23 bits per heavy atom. The number of hydrogen-bond donors (Lipinski definition) is 0. The lowest BCUT2D eigenvalue weighted by Crippen LogP contribution is -1.85. The number of fused-ring (bicyclic) bond motifs is 4. The molecule has 0 atom stereocenters. The quantitative estimate of drug-likeness (QED) is 0.228. The minimum absolute atomic E-state index is 0.964. The molecule has 0 aromatic heterocycles. The van der Waals surface area contributed by atoms with Crippen LogP contribution in [0.3, 0.4) is 0 Å². The average Bonchev–Trinajstić information content (AvgIpc) is 2.58. The van der Waals surface area contributed by atoms with Gasteiger partial charge < -0.3 is 0 Å². The van der Waals surface area contributed by atoms with E-state index in [-0.39, 0.29) is 0 Å². The van der Waals surface area contributed by atoms with E-state index in [1.165, 1.54) is 32.3 Å². The van der Waals surface area contributed by atoms with Gasteiger partial charge in [-0.05, 0) is 55.6 Å². The zero-order chi connectivity index (χ0) is 15.1. The third-order valence-corrected chi connectivity index (χ3v) is 4.34. The second-order valence-electron chi connectivity index (χ2n) is 5.62.